The average molecular weight is 286 g/mol. The van der Waals surface area contributed by atoms with E-state index < -0.39 is 0 Å². The molecule has 0 aliphatic rings. The normalized spacial score (nSPS) is 9.89. The van der Waals surface area contributed by atoms with Crippen LogP contribution in [0.5, 0.6) is 0 Å². The van der Waals surface area contributed by atoms with Crippen LogP contribution in [-0.2, 0) is 4.79 Å². The molecule has 0 bridgehead atoms. The molecule has 0 saturated heterocycles. The molecule has 0 atom stereocenters. The highest BCUT2D eigenvalue weighted by Gasteiger charge is 2.07. The third kappa shape index (κ3) is 4.50. The minimum Gasteiger partial charge on any atom is -0.389 e. The Bertz CT molecular complexity index is 451. The second-order valence-electron chi connectivity index (χ2n) is 3.76. The van der Waals surface area contributed by atoms with Crippen molar-refractivity contribution in [1.82, 2.24) is 5.32 Å². The van der Waals surface area contributed by atoms with Crippen LogP contribution in [0.2, 0.25) is 5.02 Å². The molecule has 0 aliphatic carbocycles. The van der Waals surface area contributed by atoms with Crippen LogP contribution >= 0.6 is 23.8 Å². The van der Waals surface area contributed by atoms with Crippen LogP contribution in [0.3, 0.4) is 0 Å². The Hall–Kier alpha value is -1.33. The maximum Gasteiger partial charge on any atom is 0.239 e. The van der Waals surface area contributed by atoms with E-state index in [9.17, 15) is 4.79 Å². The van der Waals surface area contributed by atoms with E-state index in [1.807, 2.05) is 6.92 Å². The first-order valence-corrected chi connectivity index (χ1v) is 6.43. The van der Waals surface area contributed by atoms with E-state index in [1.54, 1.807) is 18.2 Å². The minimum atomic E-state index is -0.0688. The van der Waals surface area contributed by atoms with Gasteiger partial charge >= 0.3 is 0 Å². The Morgan fingerprint density at radius 1 is 1.50 bits per heavy atom. The Kier molecular flexibility index (Phi) is 5.88. The van der Waals surface area contributed by atoms with Crippen LogP contribution < -0.4 is 16.4 Å². The highest BCUT2D eigenvalue weighted by molar-refractivity contribution is 7.80. The number of carbonyl (C=O) groups is 1. The second-order valence-corrected chi connectivity index (χ2v) is 4.63. The molecule has 1 aromatic carbocycles. The Morgan fingerprint density at radius 2 is 2.22 bits per heavy atom. The lowest BCUT2D eigenvalue weighted by Gasteiger charge is -2.11. The van der Waals surface area contributed by atoms with Crippen LogP contribution in [0.1, 0.15) is 18.9 Å². The van der Waals surface area contributed by atoms with Gasteiger partial charge in [-0.15, -0.1) is 0 Å². The lowest BCUT2D eigenvalue weighted by atomic mass is 10.1. The summed E-state index contributed by atoms with van der Waals surface area (Å²) in [6.45, 7) is 2.85. The molecule has 4 N–H and O–H groups in total. The van der Waals surface area contributed by atoms with Gasteiger partial charge in [0.1, 0.15) is 4.99 Å². The fourth-order valence-corrected chi connectivity index (χ4v) is 1.72. The number of hydrogen-bond donors (Lipinski definition) is 3. The fraction of sp³-hybridized carbons (Fsp3) is 0.333. The van der Waals surface area contributed by atoms with Gasteiger partial charge in [-0.25, -0.2) is 0 Å². The van der Waals surface area contributed by atoms with Gasteiger partial charge in [-0.05, 0) is 24.6 Å². The molecule has 0 fully saturated rings. The summed E-state index contributed by atoms with van der Waals surface area (Å²) in [6, 6.07) is 5.15. The summed E-state index contributed by atoms with van der Waals surface area (Å²) in [5, 5.41) is 6.32. The molecule has 0 saturated carbocycles. The molecule has 1 amide bonds. The molecule has 0 spiro atoms. The first-order valence-electron chi connectivity index (χ1n) is 5.64. The van der Waals surface area contributed by atoms with Gasteiger partial charge in [-0.3, -0.25) is 4.79 Å². The van der Waals surface area contributed by atoms with Crippen molar-refractivity contribution >= 4 is 40.4 Å². The van der Waals surface area contributed by atoms with Crippen LogP contribution in [0.25, 0.3) is 0 Å². The number of nitrogens with one attached hydrogen (secondary N) is 2. The second kappa shape index (κ2) is 7.18. The highest BCUT2D eigenvalue weighted by Crippen LogP contribution is 2.20. The van der Waals surface area contributed by atoms with E-state index in [1.165, 1.54) is 0 Å². The Labute approximate surface area is 117 Å². The van der Waals surface area contributed by atoms with Crippen molar-refractivity contribution in [1.29, 1.82) is 0 Å². The maximum atomic E-state index is 11.5. The van der Waals surface area contributed by atoms with E-state index in [-0.39, 0.29) is 17.4 Å². The van der Waals surface area contributed by atoms with Crippen LogP contribution in [0, 0.1) is 0 Å². The number of anilines is 1. The van der Waals surface area contributed by atoms with Gasteiger partial charge in [0, 0.05) is 22.8 Å². The largest absolute Gasteiger partial charge is 0.389 e. The van der Waals surface area contributed by atoms with Crippen molar-refractivity contribution in [3.63, 3.8) is 0 Å². The predicted octanol–water partition coefficient (Wildman–Crippen LogP) is 1.91. The molecule has 0 aliphatic heterocycles. The van der Waals surface area contributed by atoms with Crippen molar-refractivity contribution in [3.05, 3.63) is 28.8 Å². The lowest BCUT2D eigenvalue weighted by Crippen LogP contribution is -2.30. The minimum absolute atomic E-state index is 0.0688. The zero-order chi connectivity index (χ0) is 13.5. The number of halogens is 1. The number of benzene rings is 1. The van der Waals surface area contributed by atoms with Crippen LogP contribution in [0.15, 0.2) is 18.2 Å². The molecule has 0 unspecified atom stereocenters. The van der Waals surface area contributed by atoms with Crippen molar-refractivity contribution in [3.8, 4) is 0 Å². The summed E-state index contributed by atoms with van der Waals surface area (Å²) in [5.41, 5.74) is 6.95. The summed E-state index contributed by atoms with van der Waals surface area (Å²) >= 11 is 10.8. The topological polar surface area (TPSA) is 67.2 Å². The summed E-state index contributed by atoms with van der Waals surface area (Å²) < 4.78 is 0. The number of carbonyl (C=O) groups excluding carboxylic acids is 1. The van der Waals surface area contributed by atoms with E-state index in [0.717, 1.165) is 6.42 Å². The molecule has 0 heterocycles. The van der Waals surface area contributed by atoms with Gasteiger partial charge in [0.15, 0.2) is 0 Å². The summed E-state index contributed by atoms with van der Waals surface area (Å²) in [7, 11) is 0. The van der Waals surface area contributed by atoms with Gasteiger partial charge in [-0.1, -0.05) is 30.7 Å². The molecular weight excluding hydrogens is 270 g/mol. The maximum absolute atomic E-state index is 11.5. The number of nitrogens with two attached hydrogens (primary N) is 1. The van der Waals surface area contributed by atoms with Crippen LogP contribution in [0.4, 0.5) is 5.69 Å². The first-order chi connectivity index (χ1) is 8.54. The van der Waals surface area contributed by atoms with E-state index in [4.69, 9.17) is 29.6 Å². The molecule has 18 heavy (non-hydrogen) atoms. The van der Waals surface area contributed by atoms with Gasteiger partial charge in [0.2, 0.25) is 5.91 Å². The van der Waals surface area contributed by atoms with Crippen LogP contribution in [-0.4, -0.2) is 24.0 Å². The summed E-state index contributed by atoms with van der Waals surface area (Å²) in [4.78, 5) is 11.7. The zero-order valence-electron chi connectivity index (χ0n) is 10.1. The monoisotopic (exact) mass is 285 g/mol. The quantitative estimate of drug-likeness (QED) is 0.699. The molecule has 0 aromatic heterocycles. The predicted molar refractivity (Wildman–Crippen MR) is 79.1 cm³/mol. The SMILES string of the molecule is CCCNC(=O)CNc1ccc(Cl)cc1C(N)=S. The van der Waals surface area contributed by atoms with E-state index >= 15 is 0 Å². The third-order valence-corrected chi connectivity index (χ3v) is 2.71. The molecular formula is C12H16ClN3OS. The molecule has 1 aromatic rings. The van der Waals surface area contributed by atoms with Crippen molar-refractivity contribution < 1.29 is 4.79 Å². The lowest BCUT2D eigenvalue weighted by molar-refractivity contribution is -0.119. The zero-order valence-corrected chi connectivity index (χ0v) is 11.7. The van der Waals surface area contributed by atoms with Gasteiger partial charge in [0.05, 0.1) is 6.54 Å². The number of hydrogen-bond acceptors (Lipinski definition) is 3. The average Bonchev–Trinajstić information content (AvgIpc) is 2.34. The van der Waals surface area contributed by atoms with E-state index in [2.05, 4.69) is 10.6 Å². The molecule has 98 valence electrons. The van der Waals surface area contributed by atoms with Gasteiger partial charge in [0.25, 0.3) is 0 Å². The molecule has 1 rings (SSSR count). The molecule has 4 nitrogen and oxygen atoms in total. The first kappa shape index (κ1) is 14.7. The van der Waals surface area contributed by atoms with Gasteiger partial charge in [-0.2, -0.15) is 0 Å². The van der Waals surface area contributed by atoms with Crippen molar-refractivity contribution in [2.75, 3.05) is 18.4 Å². The molecule has 6 heteroatoms. The number of thiocarbonyl (C=S) groups is 1. The van der Waals surface area contributed by atoms with E-state index in [0.29, 0.717) is 22.8 Å². The molecule has 0 radical (unpaired) electrons. The standard InChI is InChI=1S/C12H16ClN3OS/c1-2-5-15-11(17)7-16-10-4-3-8(13)6-9(10)12(14)18/h3-4,6,16H,2,5,7H2,1H3,(H2,14,18)(H,15,17). The summed E-state index contributed by atoms with van der Waals surface area (Å²) in [6.07, 6.45) is 0.908. The highest BCUT2D eigenvalue weighted by atomic mass is 35.5. The summed E-state index contributed by atoms with van der Waals surface area (Å²) in [5.74, 6) is -0.0688. The smallest absolute Gasteiger partial charge is 0.239 e. The fourth-order valence-electron chi connectivity index (χ4n) is 1.38. The Morgan fingerprint density at radius 3 is 2.83 bits per heavy atom. The number of amides is 1. The third-order valence-electron chi connectivity index (χ3n) is 2.26. The van der Waals surface area contributed by atoms with Crippen molar-refractivity contribution in [2.45, 2.75) is 13.3 Å². The van der Waals surface area contributed by atoms with Crippen molar-refractivity contribution in [2.24, 2.45) is 5.73 Å². The van der Waals surface area contributed by atoms with Gasteiger partial charge < -0.3 is 16.4 Å². The Balaban J connectivity index is 2.67. The number of rotatable bonds is 6.